The van der Waals surface area contributed by atoms with E-state index < -0.39 is 28.3 Å². The lowest BCUT2D eigenvalue weighted by Gasteiger charge is -2.24. The molecule has 35 heavy (non-hydrogen) atoms. The third kappa shape index (κ3) is 5.50. The van der Waals surface area contributed by atoms with Crippen molar-refractivity contribution in [1.82, 2.24) is 0 Å². The Morgan fingerprint density at radius 3 is 2.14 bits per heavy atom. The van der Waals surface area contributed by atoms with Crippen LogP contribution in [0.1, 0.15) is 0 Å². The zero-order chi connectivity index (χ0) is 24.8. The van der Waals surface area contributed by atoms with Crippen LogP contribution in [0.3, 0.4) is 0 Å². The molecule has 0 unspecified atom stereocenters. The van der Waals surface area contributed by atoms with Gasteiger partial charge in [0.1, 0.15) is 18.1 Å². The van der Waals surface area contributed by atoms with Crippen LogP contribution in [-0.4, -0.2) is 28.0 Å². The Kier molecular flexibility index (Phi) is 7.12. The zero-order valence-corrected chi connectivity index (χ0v) is 19.7. The highest BCUT2D eigenvalue weighted by Crippen LogP contribution is 2.29. The molecule has 0 saturated carbocycles. The molecule has 4 rings (SSSR count). The zero-order valence-electron chi connectivity index (χ0n) is 18.9. The van der Waals surface area contributed by atoms with E-state index in [4.69, 9.17) is 4.74 Å². The van der Waals surface area contributed by atoms with Crippen molar-refractivity contribution in [2.75, 3.05) is 23.3 Å². The lowest BCUT2D eigenvalue weighted by molar-refractivity contribution is -0.114. The summed E-state index contributed by atoms with van der Waals surface area (Å²) in [5.74, 6) is -0.570. The summed E-state index contributed by atoms with van der Waals surface area (Å²) in [6.07, 6.45) is 0. The number of ether oxygens (including phenoxy) is 1. The van der Waals surface area contributed by atoms with Gasteiger partial charge >= 0.3 is 0 Å². The third-order valence-electron chi connectivity index (χ3n) is 5.34. The van der Waals surface area contributed by atoms with Gasteiger partial charge < -0.3 is 10.1 Å². The third-order valence-corrected chi connectivity index (χ3v) is 7.12. The second-order valence-corrected chi connectivity index (χ2v) is 9.49. The molecule has 0 aliphatic rings. The first-order valence-electron chi connectivity index (χ1n) is 10.7. The largest absolute Gasteiger partial charge is 0.497 e. The van der Waals surface area contributed by atoms with E-state index in [1.165, 1.54) is 43.5 Å². The Balaban J connectivity index is 1.66. The normalized spacial score (nSPS) is 11.0. The standard InChI is InChI=1S/C27H23FN2O4S/c1-34-23-15-17-24(18-16-23)35(32,33)30(22-13-11-21(28)12-14-22)19-27(31)29-26-10-6-5-9-25(26)20-7-3-2-4-8-20/h2-18H,19H2,1H3,(H,29,31). The molecule has 1 N–H and O–H groups in total. The predicted octanol–water partition coefficient (Wildman–Crippen LogP) is 5.34. The number of halogens is 1. The van der Waals surface area contributed by atoms with Gasteiger partial charge in [-0.25, -0.2) is 12.8 Å². The van der Waals surface area contributed by atoms with E-state index >= 15 is 0 Å². The number of hydrogen-bond donors (Lipinski definition) is 1. The number of para-hydroxylation sites is 1. The van der Waals surface area contributed by atoms with Gasteiger partial charge in [0.05, 0.1) is 17.7 Å². The number of methoxy groups -OCH3 is 1. The number of benzene rings is 4. The summed E-state index contributed by atoms with van der Waals surface area (Å²) in [7, 11) is -2.67. The van der Waals surface area contributed by atoms with Crippen LogP contribution in [0.5, 0.6) is 5.75 Å². The molecule has 0 atom stereocenters. The highest BCUT2D eigenvalue weighted by atomic mass is 32.2. The van der Waals surface area contributed by atoms with Crippen molar-refractivity contribution in [2.45, 2.75) is 4.90 Å². The van der Waals surface area contributed by atoms with Crippen molar-refractivity contribution < 1.29 is 22.3 Å². The maximum absolute atomic E-state index is 13.5. The summed E-state index contributed by atoms with van der Waals surface area (Å²) in [5.41, 5.74) is 2.41. The van der Waals surface area contributed by atoms with Crippen molar-refractivity contribution >= 4 is 27.3 Å². The van der Waals surface area contributed by atoms with Gasteiger partial charge in [-0.3, -0.25) is 9.10 Å². The van der Waals surface area contributed by atoms with Gasteiger partial charge in [-0.2, -0.15) is 0 Å². The maximum atomic E-state index is 13.5. The number of anilines is 2. The molecule has 0 saturated heterocycles. The van der Waals surface area contributed by atoms with Crippen LogP contribution in [0.15, 0.2) is 108 Å². The minimum Gasteiger partial charge on any atom is -0.497 e. The molecule has 0 aliphatic heterocycles. The van der Waals surface area contributed by atoms with E-state index in [2.05, 4.69) is 5.32 Å². The summed E-state index contributed by atoms with van der Waals surface area (Å²) in [5, 5.41) is 2.82. The summed E-state index contributed by atoms with van der Waals surface area (Å²) in [4.78, 5) is 13.1. The summed E-state index contributed by atoms with van der Waals surface area (Å²) < 4.78 is 46.6. The van der Waals surface area contributed by atoms with Crippen LogP contribution in [0, 0.1) is 5.82 Å². The minimum atomic E-state index is -4.15. The molecule has 0 heterocycles. The quantitative estimate of drug-likeness (QED) is 0.362. The molecule has 0 radical (unpaired) electrons. The van der Waals surface area contributed by atoms with Crippen LogP contribution in [0.4, 0.5) is 15.8 Å². The summed E-state index contributed by atoms with van der Waals surface area (Å²) in [6, 6.07) is 27.6. The second-order valence-electron chi connectivity index (χ2n) is 7.62. The molecule has 0 aromatic heterocycles. The van der Waals surface area contributed by atoms with E-state index in [0.29, 0.717) is 11.4 Å². The number of carbonyl (C=O) groups excluding carboxylic acids is 1. The fourth-order valence-corrected chi connectivity index (χ4v) is 5.00. The number of amides is 1. The summed E-state index contributed by atoms with van der Waals surface area (Å²) in [6.45, 7) is -0.511. The number of nitrogens with one attached hydrogen (secondary N) is 1. The van der Waals surface area contributed by atoms with E-state index in [-0.39, 0.29) is 10.6 Å². The Morgan fingerprint density at radius 1 is 0.857 bits per heavy atom. The van der Waals surface area contributed by atoms with Gasteiger partial charge in [-0.1, -0.05) is 48.5 Å². The highest BCUT2D eigenvalue weighted by molar-refractivity contribution is 7.92. The predicted molar refractivity (Wildman–Crippen MR) is 134 cm³/mol. The van der Waals surface area contributed by atoms with Crippen molar-refractivity contribution in [1.29, 1.82) is 0 Å². The van der Waals surface area contributed by atoms with Gasteiger partial charge in [-0.15, -0.1) is 0 Å². The topological polar surface area (TPSA) is 75.7 Å². The van der Waals surface area contributed by atoms with E-state index in [9.17, 15) is 17.6 Å². The van der Waals surface area contributed by atoms with Crippen LogP contribution in [-0.2, 0) is 14.8 Å². The van der Waals surface area contributed by atoms with Gasteiger partial charge in [-0.05, 0) is 60.2 Å². The Morgan fingerprint density at radius 2 is 1.49 bits per heavy atom. The lowest BCUT2D eigenvalue weighted by Crippen LogP contribution is -2.38. The van der Waals surface area contributed by atoms with E-state index in [1.54, 1.807) is 12.1 Å². The van der Waals surface area contributed by atoms with Crippen LogP contribution in [0.2, 0.25) is 0 Å². The highest BCUT2D eigenvalue weighted by Gasteiger charge is 2.27. The number of carbonyl (C=O) groups is 1. The fourth-order valence-electron chi connectivity index (χ4n) is 3.58. The molecule has 6 nitrogen and oxygen atoms in total. The molecule has 0 bridgehead atoms. The number of rotatable bonds is 8. The summed E-state index contributed by atoms with van der Waals surface area (Å²) >= 11 is 0. The first-order valence-corrected chi connectivity index (χ1v) is 12.2. The molecule has 8 heteroatoms. The number of nitrogens with zero attached hydrogens (tertiary/aromatic N) is 1. The molecule has 0 fully saturated rings. The Hall–Kier alpha value is -4.17. The SMILES string of the molecule is COc1ccc(S(=O)(=O)N(CC(=O)Nc2ccccc2-c2ccccc2)c2ccc(F)cc2)cc1. The first-order chi connectivity index (χ1) is 16.9. The molecule has 0 spiro atoms. The monoisotopic (exact) mass is 490 g/mol. The van der Waals surface area contributed by atoms with Crippen molar-refractivity contribution in [3.63, 3.8) is 0 Å². The molecule has 1 amide bonds. The van der Waals surface area contributed by atoms with E-state index in [1.807, 2.05) is 42.5 Å². The second kappa shape index (κ2) is 10.4. The molecule has 0 aliphatic carbocycles. The van der Waals surface area contributed by atoms with Crippen molar-refractivity contribution in [2.24, 2.45) is 0 Å². The smallest absolute Gasteiger partial charge is 0.264 e. The van der Waals surface area contributed by atoms with Crippen LogP contribution in [0.25, 0.3) is 11.1 Å². The average molecular weight is 491 g/mol. The van der Waals surface area contributed by atoms with Gasteiger partial charge in [0.2, 0.25) is 5.91 Å². The average Bonchev–Trinajstić information content (AvgIpc) is 2.89. The van der Waals surface area contributed by atoms with Gasteiger partial charge in [0.15, 0.2) is 0 Å². The lowest BCUT2D eigenvalue weighted by atomic mass is 10.0. The number of sulfonamides is 1. The van der Waals surface area contributed by atoms with Gasteiger partial charge in [0.25, 0.3) is 10.0 Å². The maximum Gasteiger partial charge on any atom is 0.264 e. The molecule has 4 aromatic carbocycles. The van der Waals surface area contributed by atoms with E-state index in [0.717, 1.165) is 27.6 Å². The molecular formula is C27H23FN2O4S. The fraction of sp³-hybridized carbons (Fsp3) is 0.0741. The Labute approximate surface area is 203 Å². The first kappa shape index (κ1) is 24.0. The minimum absolute atomic E-state index is 0.0277. The van der Waals surface area contributed by atoms with Gasteiger partial charge in [0, 0.05) is 11.3 Å². The molecule has 178 valence electrons. The van der Waals surface area contributed by atoms with Crippen molar-refractivity contribution in [3.05, 3.63) is 109 Å². The number of hydrogen-bond acceptors (Lipinski definition) is 4. The molecule has 4 aromatic rings. The van der Waals surface area contributed by atoms with Crippen molar-refractivity contribution in [3.8, 4) is 16.9 Å². The Bertz CT molecular complexity index is 1410. The van der Waals surface area contributed by atoms with Crippen LogP contribution >= 0.6 is 0 Å². The van der Waals surface area contributed by atoms with Crippen LogP contribution < -0.4 is 14.4 Å². The molecular weight excluding hydrogens is 467 g/mol.